The molecular formula is C23H21ClN2O5. The average molecular weight is 441 g/mol. The summed E-state index contributed by atoms with van der Waals surface area (Å²) in [5.74, 6) is -0.881. The average Bonchev–Trinajstić information content (AvgIpc) is 2.72. The minimum absolute atomic E-state index is 0.210. The summed E-state index contributed by atoms with van der Waals surface area (Å²) >= 11 is 6.31. The number of amides is 4. The number of benzene rings is 2. The monoisotopic (exact) mass is 440 g/mol. The van der Waals surface area contributed by atoms with Crippen molar-refractivity contribution in [3.8, 4) is 11.5 Å². The van der Waals surface area contributed by atoms with Crippen LogP contribution in [-0.4, -0.2) is 31.6 Å². The molecule has 160 valence electrons. The molecule has 0 atom stereocenters. The number of carbonyl (C=O) groups excluding carboxylic acids is 3. The van der Waals surface area contributed by atoms with Crippen LogP contribution in [0.1, 0.15) is 16.7 Å². The highest BCUT2D eigenvalue weighted by Gasteiger charge is 2.37. The second-order valence-corrected chi connectivity index (χ2v) is 7.29. The molecule has 8 heteroatoms. The van der Waals surface area contributed by atoms with Gasteiger partial charge in [-0.3, -0.25) is 14.9 Å². The van der Waals surface area contributed by atoms with Crippen LogP contribution in [0.25, 0.3) is 6.08 Å². The van der Waals surface area contributed by atoms with Gasteiger partial charge in [-0.25, -0.2) is 9.69 Å². The summed E-state index contributed by atoms with van der Waals surface area (Å²) in [6.07, 6.45) is 2.92. The van der Waals surface area contributed by atoms with E-state index in [4.69, 9.17) is 21.1 Å². The number of methoxy groups -OCH3 is 1. The fourth-order valence-electron chi connectivity index (χ4n) is 3.11. The SMILES string of the molecule is C=CCOc1c(Cl)cc(/C=C2\C(=O)NC(=O)N(c3cc(C)ccc3C)C2=O)cc1OC. The van der Waals surface area contributed by atoms with Crippen LogP contribution in [0.15, 0.2) is 48.6 Å². The summed E-state index contributed by atoms with van der Waals surface area (Å²) in [7, 11) is 1.45. The largest absolute Gasteiger partial charge is 0.493 e. The molecule has 0 bridgehead atoms. The third-order valence-electron chi connectivity index (χ3n) is 4.62. The standard InChI is InChI=1S/C23H21ClN2O5/c1-5-8-31-20-17(24)11-15(12-19(20)30-4)10-16-21(27)25-23(29)26(22(16)28)18-9-13(2)6-7-14(18)3/h5-7,9-12H,1,8H2,2-4H3,(H,25,27,29)/b16-10+. The van der Waals surface area contributed by atoms with Crippen LogP contribution >= 0.6 is 11.6 Å². The molecule has 2 aromatic rings. The van der Waals surface area contributed by atoms with E-state index >= 15 is 0 Å². The number of ether oxygens (including phenoxy) is 2. The molecule has 2 aromatic carbocycles. The smallest absolute Gasteiger partial charge is 0.335 e. The van der Waals surface area contributed by atoms with Gasteiger partial charge < -0.3 is 9.47 Å². The molecule has 0 unspecified atom stereocenters. The number of nitrogens with one attached hydrogen (secondary N) is 1. The molecule has 31 heavy (non-hydrogen) atoms. The molecule has 0 aliphatic carbocycles. The minimum atomic E-state index is -0.801. The number of anilines is 1. The first kappa shape index (κ1) is 22.1. The number of halogens is 1. The van der Waals surface area contributed by atoms with E-state index in [1.807, 2.05) is 13.0 Å². The lowest BCUT2D eigenvalue weighted by Gasteiger charge is -2.27. The Morgan fingerprint density at radius 1 is 1.16 bits per heavy atom. The molecule has 1 aliphatic heterocycles. The highest BCUT2D eigenvalue weighted by molar-refractivity contribution is 6.39. The van der Waals surface area contributed by atoms with Crippen LogP contribution < -0.4 is 19.7 Å². The number of hydrogen-bond acceptors (Lipinski definition) is 5. The van der Waals surface area contributed by atoms with E-state index in [0.29, 0.717) is 22.7 Å². The molecule has 0 saturated carbocycles. The summed E-state index contributed by atoms with van der Waals surface area (Å²) in [6, 6.07) is 7.70. The van der Waals surface area contributed by atoms with E-state index in [2.05, 4.69) is 11.9 Å². The maximum atomic E-state index is 13.1. The zero-order valence-corrected chi connectivity index (χ0v) is 18.1. The lowest BCUT2D eigenvalue weighted by Crippen LogP contribution is -2.54. The highest BCUT2D eigenvalue weighted by Crippen LogP contribution is 2.37. The Morgan fingerprint density at radius 3 is 2.58 bits per heavy atom. The molecule has 1 saturated heterocycles. The van der Waals surface area contributed by atoms with Crippen LogP contribution in [-0.2, 0) is 9.59 Å². The summed E-state index contributed by atoms with van der Waals surface area (Å²) < 4.78 is 10.8. The summed E-state index contributed by atoms with van der Waals surface area (Å²) in [4.78, 5) is 39.0. The van der Waals surface area contributed by atoms with Crippen LogP contribution in [0.3, 0.4) is 0 Å². The first-order valence-corrected chi connectivity index (χ1v) is 9.74. The Morgan fingerprint density at radius 2 is 1.90 bits per heavy atom. The van der Waals surface area contributed by atoms with E-state index in [1.54, 1.807) is 31.2 Å². The molecule has 1 fully saturated rings. The van der Waals surface area contributed by atoms with Crippen LogP contribution in [0.4, 0.5) is 10.5 Å². The molecule has 7 nitrogen and oxygen atoms in total. The van der Waals surface area contributed by atoms with E-state index in [-0.39, 0.29) is 17.2 Å². The van der Waals surface area contributed by atoms with E-state index < -0.39 is 17.8 Å². The van der Waals surface area contributed by atoms with Crippen molar-refractivity contribution in [1.82, 2.24) is 5.32 Å². The van der Waals surface area contributed by atoms with Gasteiger partial charge in [0.2, 0.25) is 0 Å². The van der Waals surface area contributed by atoms with Crippen LogP contribution in [0, 0.1) is 13.8 Å². The maximum absolute atomic E-state index is 13.1. The number of hydrogen-bond donors (Lipinski definition) is 1. The number of urea groups is 1. The first-order valence-electron chi connectivity index (χ1n) is 9.36. The van der Waals surface area contributed by atoms with Crippen LogP contribution in [0.2, 0.25) is 5.02 Å². The van der Waals surface area contributed by atoms with Crippen molar-refractivity contribution >= 4 is 41.2 Å². The number of rotatable bonds is 6. The third-order valence-corrected chi connectivity index (χ3v) is 4.90. The molecular weight excluding hydrogens is 420 g/mol. The molecule has 3 rings (SSSR count). The summed E-state index contributed by atoms with van der Waals surface area (Å²) in [5.41, 5.74) is 2.22. The van der Waals surface area contributed by atoms with Gasteiger partial charge >= 0.3 is 6.03 Å². The highest BCUT2D eigenvalue weighted by atomic mass is 35.5. The van der Waals surface area contributed by atoms with Crippen molar-refractivity contribution in [2.75, 3.05) is 18.6 Å². The lowest BCUT2D eigenvalue weighted by atomic mass is 10.0. The van der Waals surface area contributed by atoms with E-state index in [9.17, 15) is 14.4 Å². The Labute approximate surface area is 184 Å². The van der Waals surface area contributed by atoms with E-state index in [0.717, 1.165) is 16.0 Å². The first-order chi connectivity index (χ1) is 14.8. The maximum Gasteiger partial charge on any atom is 0.335 e. The van der Waals surface area contributed by atoms with Crippen molar-refractivity contribution in [3.63, 3.8) is 0 Å². The second kappa shape index (κ2) is 9.06. The normalized spacial score (nSPS) is 15.2. The quantitative estimate of drug-likeness (QED) is 0.413. The van der Waals surface area contributed by atoms with Gasteiger partial charge in [0.25, 0.3) is 11.8 Å². The van der Waals surface area contributed by atoms with Gasteiger partial charge in [0.15, 0.2) is 11.5 Å². The zero-order chi connectivity index (χ0) is 22.7. The Kier molecular flexibility index (Phi) is 6.46. The van der Waals surface area contributed by atoms with Crippen molar-refractivity contribution in [2.24, 2.45) is 0 Å². The van der Waals surface area contributed by atoms with Crippen molar-refractivity contribution in [2.45, 2.75) is 13.8 Å². The fourth-order valence-corrected chi connectivity index (χ4v) is 3.38. The van der Waals surface area contributed by atoms with Crippen molar-refractivity contribution in [3.05, 3.63) is 70.3 Å². The molecule has 0 spiro atoms. The minimum Gasteiger partial charge on any atom is -0.493 e. The Hall–Kier alpha value is -3.58. The molecule has 0 radical (unpaired) electrons. The molecule has 4 amide bonds. The third kappa shape index (κ3) is 4.46. The Bertz CT molecular complexity index is 1120. The number of nitrogens with zero attached hydrogens (tertiary/aromatic N) is 1. The van der Waals surface area contributed by atoms with Crippen molar-refractivity contribution in [1.29, 1.82) is 0 Å². The predicted molar refractivity (Wildman–Crippen MR) is 119 cm³/mol. The van der Waals surface area contributed by atoms with Gasteiger partial charge in [0, 0.05) is 0 Å². The summed E-state index contributed by atoms with van der Waals surface area (Å²) in [5, 5.41) is 2.45. The van der Waals surface area contributed by atoms with Gasteiger partial charge in [0.05, 0.1) is 17.8 Å². The molecule has 1 heterocycles. The van der Waals surface area contributed by atoms with Gasteiger partial charge in [-0.1, -0.05) is 36.4 Å². The second-order valence-electron chi connectivity index (χ2n) is 6.88. The fraction of sp³-hybridized carbons (Fsp3) is 0.174. The topological polar surface area (TPSA) is 84.9 Å². The molecule has 1 aliphatic rings. The van der Waals surface area contributed by atoms with Gasteiger partial charge in [0.1, 0.15) is 12.2 Å². The number of carbonyl (C=O) groups is 3. The predicted octanol–water partition coefficient (Wildman–Crippen LogP) is 4.20. The number of imide groups is 2. The zero-order valence-electron chi connectivity index (χ0n) is 17.3. The van der Waals surface area contributed by atoms with Gasteiger partial charge in [-0.15, -0.1) is 0 Å². The Balaban J connectivity index is 2.05. The van der Waals surface area contributed by atoms with E-state index in [1.165, 1.54) is 19.3 Å². The van der Waals surface area contributed by atoms with Gasteiger partial charge in [-0.2, -0.15) is 0 Å². The van der Waals surface area contributed by atoms with Crippen molar-refractivity contribution < 1.29 is 23.9 Å². The molecule has 0 aromatic heterocycles. The number of barbiturate groups is 1. The van der Waals surface area contributed by atoms with Gasteiger partial charge in [-0.05, 0) is 54.8 Å². The lowest BCUT2D eigenvalue weighted by molar-refractivity contribution is -0.122. The number of aryl methyl sites for hydroxylation is 2. The summed E-state index contributed by atoms with van der Waals surface area (Å²) in [6.45, 7) is 7.44. The molecule has 1 N–H and O–H groups in total. The van der Waals surface area contributed by atoms with Crippen LogP contribution in [0.5, 0.6) is 11.5 Å².